The third-order valence-electron chi connectivity index (χ3n) is 1.55. The molecule has 0 unspecified atom stereocenters. The Balaban J connectivity index is 0.00000324. The van der Waals surface area contributed by atoms with E-state index in [9.17, 15) is 30.8 Å². The third-order valence-corrected chi connectivity index (χ3v) is 2.59. The van der Waals surface area contributed by atoms with E-state index in [0.717, 1.165) is 24.3 Å². The third kappa shape index (κ3) is 5.10. The first-order valence-corrected chi connectivity index (χ1v) is 5.66. The monoisotopic (exact) mass is 295 g/mol. The van der Waals surface area contributed by atoms with Crippen molar-refractivity contribution in [3.63, 3.8) is 0 Å². The second-order valence-corrected chi connectivity index (χ2v) is 4.57. The Morgan fingerprint density at radius 3 is 2.05 bits per heavy atom. The van der Waals surface area contributed by atoms with Crippen LogP contribution in [-0.4, -0.2) is 38.9 Å². The van der Waals surface area contributed by atoms with Crippen LogP contribution >= 0.6 is 0 Å². The number of hydrogen-bond donors (Lipinski definition) is 1. The number of sulfonamides is 1. The van der Waals surface area contributed by atoms with Gasteiger partial charge in [-0.15, -0.1) is 0 Å². The molecule has 0 saturated carbocycles. The molecule has 0 aromatic heterocycles. The first kappa shape index (κ1) is 17.8. The van der Waals surface area contributed by atoms with Gasteiger partial charge in [0.05, 0.1) is 0 Å². The fourth-order valence-electron chi connectivity index (χ4n) is 0.798. The number of rotatable bonds is 2. The first-order chi connectivity index (χ1) is 8.12. The molecule has 0 fully saturated rings. The molecule has 19 heavy (non-hydrogen) atoms. The van der Waals surface area contributed by atoms with Crippen LogP contribution in [0.3, 0.4) is 0 Å². The Morgan fingerprint density at radius 1 is 1.16 bits per heavy atom. The van der Waals surface area contributed by atoms with Gasteiger partial charge in [0.2, 0.25) is 0 Å². The molecular formula is C8H6F4LiNO4S. The van der Waals surface area contributed by atoms with Gasteiger partial charge in [-0.05, 0) is 24.3 Å². The second-order valence-electron chi connectivity index (χ2n) is 2.89. The van der Waals surface area contributed by atoms with Gasteiger partial charge in [0.1, 0.15) is 11.6 Å². The van der Waals surface area contributed by atoms with E-state index in [1.54, 1.807) is 0 Å². The summed E-state index contributed by atoms with van der Waals surface area (Å²) in [6.07, 6.45) is -1.85. The van der Waals surface area contributed by atoms with Crippen LogP contribution in [0.4, 0.5) is 22.4 Å². The molecule has 5 nitrogen and oxygen atoms in total. The molecule has 0 aliphatic carbocycles. The van der Waals surface area contributed by atoms with Crippen LogP contribution in [0.25, 0.3) is 0 Å². The van der Waals surface area contributed by atoms with Crippen molar-refractivity contribution in [1.82, 2.24) is 4.72 Å². The van der Waals surface area contributed by atoms with E-state index in [1.807, 2.05) is 0 Å². The van der Waals surface area contributed by atoms with Gasteiger partial charge >= 0.3 is 40.5 Å². The van der Waals surface area contributed by atoms with Crippen molar-refractivity contribution in [2.24, 2.45) is 0 Å². The van der Waals surface area contributed by atoms with Crippen LogP contribution in [-0.2, 0) is 10.0 Å². The summed E-state index contributed by atoms with van der Waals surface area (Å²) in [6, 6.07) is 3.63. The molecule has 0 saturated heterocycles. The van der Waals surface area contributed by atoms with Gasteiger partial charge in [-0.25, -0.2) is 13.9 Å². The van der Waals surface area contributed by atoms with Gasteiger partial charge in [-0.2, -0.15) is 21.6 Å². The van der Waals surface area contributed by atoms with Crippen LogP contribution in [0, 0.1) is 5.82 Å². The Labute approximate surface area is 117 Å². The Morgan fingerprint density at radius 2 is 1.63 bits per heavy atom. The number of benzene rings is 1. The standard InChI is InChI=1S/C8H5F4NO4S.Li.H/c9-5-1-3-6(4-2-5)17-7(14)13-18(15,16)8(10,11)12;;/h1-4H,(H,13,14);;. The molecule has 1 amide bonds. The zero-order valence-electron chi connectivity index (χ0n) is 8.36. The topological polar surface area (TPSA) is 72.5 Å². The van der Waals surface area contributed by atoms with E-state index in [0.29, 0.717) is 4.72 Å². The fourth-order valence-corrected chi connectivity index (χ4v) is 1.17. The van der Waals surface area contributed by atoms with Crippen LogP contribution in [0.15, 0.2) is 24.3 Å². The normalized spacial score (nSPS) is 11.4. The number of halogens is 4. The molecular weight excluding hydrogens is 289 g/mol. The average molecular weight is 295 g/mol. The predicted octanol–water partition coefficient (Wildman–Crippen LogP) is 1.12. The van der Waals surface area contributed by atoms with Crippen molar-refractivity contribution in [3.8, 4) is 5.75 Å². The summed E-state index contributed by atoms with van der Waals surface area (Å²) in [5, 5.41) is 0. The quantitative estimate of drug-likeness (QED) is 0.655. The predicted molar refractivity (Wildman–Crippen MR) is 57.7 cm³/mol. The minimum absolute atomic E-state index is 0. The molecule has 0 heterocycles. The van der Waals surface area contributed by atoms with E-state index >= 15 is 0 Å². The van der Waals surface area contributed by atoms with Crippen molar-refractivity contribution in [3.05, 3.63) is 30.1 Å². The van der Waals surface area contributed by atoms with E-state index < -0.39 is 27.4 Å². The molecule has 11 heteroatoms. The van der Waals surface area contributed by atoms with Crippen molar-refractivity contribution in [1.29, 1.82) is 0 Å². The molecule has 1 rings (SSSR count). The Bertz CT molecular complexity index is 543. The number of nitrogens with one attached hydrogen (secondary N) is 1. The van der Waals surface area contributed by atoms with E-state index in [2.05, 4.69) is 4.74 Å². The molecule has 0 spiro atoms. The minimum atomic E-state index is -5.82. The van der Waals surface area contributed by atoms with E-state index in [-0.39, 0.29) is 24.6 Å². The molecule has 0 aliphatic rings. The summed E-state index contributed by atoms with van der Waals surface area (Å²) in [6.45, 7) is 0. The summed E-state index contributed by atoms with van der Waals surface area (Å²) in [5.41, 5.74) is -5.63. The molecule has 0 atom stereocenters. The molecule has 0 radical (unpaired) electrons. The summed E-state index contributed by atoms with van der Waals surface area (Å²) in [5.74, 6) is -0.975. The van der Waals surface area contributed by atoms with Gasteiger partial charge in [0, 0.05) is 0 Å². The van der Waals surface area contributed by atoms with Gasteiger partial charge < -0.3 is 4.74 Å². The number of amides is 1. The van der Waals surface area contributed by atoms with Crippen molar-refractivity contribution >= 4 is 35.0 Å². The molecule has 0 bridgehead atoms. The molecule has 1 aromatic rings. The zero-order chi connectivity index (χ0) is 14.0. The molecule has 0 aliphatic heterocycles. The van der Waals surface area contributed by atoms with Gasteiger partial charge in [-0.3, -0.25) is 0 Å². The Kier molecular flexibility index (Phi) is 5.86. The van der Waals surface area contributed by atoms with Crippen LogP contribution < -0.4 is 9.46 Å². The van der Waals surface area contributed by atoms with Gasteiger partial charge in [0.15, 0.2) is 0 Å². The van der Waals surface area contributed by atoms with Crippen molar-refractivity contribution in [2.45, 2.75) is 5.51 Å². The average Bonchev–Trinajstić information content (AvgIpc) is 2.19. The zero-order valence-corrected chi connectivity index (χ0v) is 9.18. The summed E-state index contributed by atoms with van der Waals surface area (Å²) in [4.78, 5) is 10.9. The summed E-state index contributed by atoms with van der Waals surface area (Å²) in [7, 11) is -5.82. The maximum absolute atomic E-state index is 12.5. The molecule has 102 valence electrons. The van der Waals surface area contributed by atoms with E-state index in [1.165, 1.54) is 0 Å². The number of hydrogen-bond acceptors (Lipinski definition) is 4. The van der Waals surface area contributed by atoms with E-state index in [4.69, 9.17) is 0 Å². The van der Waals surface area contributed by atoms with Gasteiger partial charge in [-0.1, -0.05) is 0 Å². The van der Waals surface area contributed by atoms with Crippen LogP contribution in [0.5, 0.6) is 5.75 Å². The number of carbonyl (C=O) groups is 1. The Hall–Kier alpha value is -1.24. The SMILES string of the molecule is O=C(NS(=O)(=O)C(F)(F)F)Oc1ccc(F)cc1.[LiH]. The van der Waals surface area contributed by atoms with Crippen molar-refractivity contribution < 1.29 is 35.5 Å². The van der Waals surface area contributed by atoms with Gasteiger partial charge in [0.25, 0.3) is 0 Å². The first-order valence-electron chi connectivity index (χ1n) is 4.18. The molecule has 1 aromatic carbocycles. The second kappa shape index (κ2) is 6.27. The van der Waals surface area contributed by atoms with Crippen LogP contribution in [0.1, 0.15) is 0 Å². The van der Waals surface area contributed by atoms with Crippen molar-refractivity contribution in [2.75, 3.05) is 0 Å². The number of ether oxygens (including phenoxy) is 1. The maximum atomic E-state index is 12.5. The number of carbonyl (C=O) groups excluding carboxylic acids is 1. The summed E-state index contributed by atoms with van der Waals surface area (Å²) < 4.78 is 74.0. The molecule has 1 N–H and O–H groups in total. The number of alkyl halides is 3. The van der Waals surface area contributed by atoms with Crippen LogP contribution in [0.2, 0.25) is 0 Å². The fraction of sp³-hybridized carbons (Fsp3) is 0.125. The summed E-state index contributed by atoms with van der Waals surface area (Å²) >= 11 is 0.